The maximum Gasteiger partial charge on any atom is 0.658 e. The number of para-hydroxylation sites is 2. The number of nitrogen functional groups attached to an aromatic ring is 2. The van der Waals surface area contributed by atoms with Crippen molar-refractivity contribution in [2.75, 3.05) is 11.5 Å². The van der Waals surface area contributed by atoms with E-state index in [1.54, 1.807) is 36.4 Å². The van der Waals surface area contributed by atoms with E-state index in [1.165, 1.54) is 0 Å². The summed E-state index contributed by atoms with van der Waals surface area (Å²) in [5.41, 5.74) is 12.6. The summed E-state index contributed by atoms with van der Waals surface area (Å²) in [4.78, 5) is 0. The van der Waals surface area contributed by atoms with Gasteiger partial charge in [0.15, 0.2) is 0 Å². The fraction of sp³-hybridized carbons (Fsp3) is 0. The lowest BCUT2D eigenvalue weighted by atomic mass is 10.1. The van der Waals surface area contributed by atoms with Gasteiger partial charge in [-0.25, -0.2) is 0 Å². The predicted molar refractivity (Wildman–Crippen MR) is 78.1 cm³/mol. The smallest absolute Gasteiger partial charge is 0.525 e. The molecule has 6 nitrogen and oxygen atoms in total. The molecular formula is C14H10BN4O2. The molecule has 1 radical (unpaired) electrons. The Morgan fingerprint density at radius 1 is 0.810 bits per heavy atom. The van der Waals surface area contributed by atoms with Crippen molar-refractivity contribution in [1.29, 1.82) is 10.5 Å². The molecule has 4 N–H and O–H groups in total. The molecule has 0 aromatic heterocycles. The number of anilines is 2. The van der Waals surface area contributed by atoms with Gasteiger partial charge in [0.1, 0.15) is 23.6 Å². The molecule has 2 rings (SSSR count). The number of rotatable bonds is 4. The summed E-state index contributed by atoms with van der Waals surface area (Å²) in [6.07, 6.45) is 0. The Bertz CT molecular complexity index is 686. The number of nitrogens with two attached hydrogens (primary N) is 2. The first-order valence-corrected chi connectivity index (χ1v) is 5.89. The Labute approximate surface area is 122 Å². The largest absolute Gasteiger partial charge is 0.658 e. The molecule has 2 aromatic rings. The zero-order valence-electron chi connectivity index (χ0n) is 10.9. The summed E-state index contributed by atoms with van der Waals surface area (Å²) >= 11 is 0. The lowest BCUT2D eigenvalue weighted by Crippen LogP contribution is -2.13. The van der Waals surface area contributed by atoms with Crippen molar-refractivity contribution in [3.05, 3.63) is 47.5 Å². The van der Waals surface area contributed by atoms with Crippen LogP contribution in [0.2, 0.25) is 0 Å². The average molecular weight is 277 g/mol. The SMILES string of the molecule is N#Cc1cccc(O[B]Oc2cccc(C#N)c2N)c1N. The third kappa shape index (κ3) is 2.99. The van der Waals surface area contributed by atoms with Crippen molar-refractivity contribution in [3.8, 4) is 23.6 Å². The summed E-state index contributed by atoms with van der Waals surface area (Å²) in [6.45, 7) is 0. The maximum absolute atomic E-state index is 8.87. The molecule has 0 spiro atoms. The van der Waals surface area contributed by atoms with Gasteiger partial charge in [-0.1, -0.05) is 12.1 Å². The zero-order chi connectivity index (χ0) is 15.2. The average Bonchev–Trinajstić information content (AvgIpc) is 2.50. The lowest BCUT2D eigenvalue weighted by molar-refractivity contribution is 0.461. The highest BCUT2D eigenvalue weighted by Gasteiger charge is 2.10. The third-order valence-electron chi connectivity index (χ3n) is 2.72. The second-order valence-corrected chi connectivity index (χ2v) is 3.99. The van der Waals surface area contributed by atoms with E-state index >= 15 is 0 Å². The van der Waals surface area contributed by atoms with Crippen LogP contribution < -0.4 is 20.8 Å². The summed E-state index contributed by atoms with van der Waals surface area (Å²) in [5.74, 6) is 0.591. The zero-order valence-corrected chi connectivity index (χ0v) is 10.9. The molecule has 7 heteroatoms. The van der Waals surface area contributed by atoms with Crippen LogP contribution in [-0.2, 0) is 0 Å². The molecular weight excluding hydrogens is 267 g/mol. The molecule has 0 amide bonds. The molecule has 0 fully saturated rings. The fourth-order valence-electron chi connectivity index (χ4n) is 1.62. The number of hydrogen-bond donors (Lipinski definition) is 2. The summed E-state index contributed by atoms with van der Waals surface area (Å²) in [6, 6.07) is 13.6. The minimum Gasteiger partial charge on any atom is -0.525 e. The number of nitriles is 2. The van der Waals surface area contributed by atoms with Gasteiger partial charge in [-0.3, -0.25) is 0 Å². The summed E-state index contributed by atoms with van der Waals surface area (Å²) < 4.78 is 10.5. The highest BCUT2D eigenvalue weighted by Crippen LogP contribution is 2.26. The van der Waals surface area contributed by atoms with Crippen LogP contribution in [0, 0.1) is 22.7 Å². The van der Waals surface area contributed by atoms with Crippen molar-refractivity contribution in [1.82, 2.24) is 0 Å². The molecule has 0 atom stereocenters. The van der Waals surface area contributed by atoms with E-state index in [-0.39, 0.29) is 11.4 Å². The van der Waals surface area contributed by atoms with Crippen LogP contribution in [0.1, 0.15) is 11.1 Å². The second-order valence-electron chi connectivity index (χ2n) is 3.99. The number of benzene rings is 2. The molecule has 21 heavy (non-hydrogen) atoms. The Morgan fingerprint density at radius 2 is 1.24 bits per heavy atom. The Balaban J connectivity index is 2.06. The van der Waals surface area contributed by atoms with Crippen LogP contribution in [0.3, 0.4) is 0 Å². The molecule has 0 saturated carbocycles. The monoisotopic (exact) mass is 277 g/mol. The molecule has 0 bridgehead atoms. The minimum atomic E-state index is 0.221. The first kappa shape index (κ1) is 14.1. The lowest BCUT2D eigenvalue weighted by Gasteiger charge is -2.11. The van der Waals surface area contributed by atoms with E-state index in [4.69, 9.17) is 31.3 Å². The van der Waals surface area contributed by atoms with E-state index in [1.807, 2.05) is 12.1 Å². The van der Waals surface area contributed by atoms with Crippen molar-refractivity contribution in [3.63, 3.8) is 0 Å². The second kappa shape index (κ2) is 6.22. The maximum atomic E-state index is 8.87. The van der Waals surface area contributed by atoms with Gasteiger partial charge < -0.3 is 20.8 Å². The van der Waals surface area contributed by atoms with Gasteiger partial charge in [0, 0.05) is 0 Å². The first-order valence-electron chi connectivity index (χ1n) is 5.89. The van der Waals surface area contributed by atoms with E-state index < -0.39 is 0 Å². The van der Waals surface area contributed by atoms with Crippen molar-refractivity contribution < 1.29 is 9.31 Å². The molecule has 0 unspecified atom stereocenters. The summed E-state index contributed by atoms with van der Waals surface area (Å²) in [5, 5.41) is 17.7. The molecule has 0 aliphatic carbocycles. The van der Waals surface area contributed by atoms with Gasteiger partial charge in [-0.05, 0) is 24.3 Å². The molecule has 0 aliphatic rings. The minimum absolute atomic E-state index is 0.221. The number of nitrogens with zero attached hydrogens (tertiary/aromatic N) is 2. The van der Waals surface area contributed by atoms with Crippen LogP contribution in [-0.4, -0.2) is 7.69 Å². The van der Waals surface area contributed by atoms with Gasteiger partial charge in [-0.15, -0.1) is 0 Å². The van der Waals surface area contributed by atoms with E-state index in [0.717, 1.165) is 7.69 Å². The van der Waals surface area contributed by atoms with Gasteiger partial charge in [0.2, 0.25) is 0 Å². The standard InChI is InChI=1S/C14H10BN4O2/c16-7-9-3-1-5-11(13(9)18)20-15-21-12-6-2-4-10(8-17)14(12)19/h1-6H,18-19H2. The molecule has 2 aromatic carbocycles. The fourth-order valence-corrected chi connectivity index (χ4v) is 1.62. The normalized spacial score (nSPS) is 9.24. The summed E-state index contributed by atoms with van der Waals surface area (Å²) in [7, 11) is 1.04. The molecule has 101 valence electrons. The Morgan fingerprint density at radius 3 is 1.62 bits per heavy atom. The van der Waals surface area contributed by atoms with Crippen molar-refractivity contribution in [2.45, 2.75) is 0 Å². The highest BCUT2D eigenvalue weighted by atomic mass is 16.6. The number of hydrogen-bond acceptors (Lipinski definition) is 6. The van der Waals surface area contributed by atoms with Crippen LogP contribution in [0.15, 0.2) is 36.4 Å². The molecule has 0 saturated heterocycles. The molecule has 0 aliphatic heterocycles. The topological polar surface area (TPSA) is 118 Å². The van der Waals surface area contributed by atoms with E-state index in [9.17, 15) is 0 Å². The Hall–Kier alpha value is -3.32. The van der Waals surface area contributed by atoms with Crippen LogP contribution >= 0.6 is 0 Å². The Kier molecular flexibility index (Phi) is 4.18. The quantitative estimate of drug-likeness (QED) is 0.647. The van der Waals surface area contributed by atoms with E-state index in [0.29, 0.717) is 22.6 Å². The first-order chi connectivity index (χ1) is 10.2. The van der Waals surface area contributed by atoms with Crippen LogP contribution in [0.4, 0.5) is 11.4 Å². The van der Waals surface area contributed by atoms with Gasteiger partial charge in [0.05, 0.1) is 22.5 Å². The third-order valence-corrected chi connectivity index (χ3v) is 2.72. The van der Waals surface area contributed by atoms with Gasteiger partial charge in [0.25, 0.3) is 0 Å². The van der Waals surface area contributed by atoms with Crippen LogP contribution in [0.5, 0.6) is 11.5 Å². The van der Waals surface area contributed by atoms with E-state index in [2.05, 4.69) is 0 Å². The molecule has 0 heterocycles. The van der Waals surface area contributed by atoms with Gasteiger partial charge >= 0.3 is 7.69 Å². The van der Waals surface area contributed by atoms with Crippen molar-refractivity contribution >= 4 is 19.1 Å². The van der Waals surface area contributed by atoms with Crippen LogP contribution in [0.25, 0.3) is 0 Å². The van der Waals surface area contributed by atoms with Gasteiger partial charge in [-0.2, -0.15) is 10.5 Å². The predicted octanol–water partition coefficient (Wildman–Crippen LogP) is 1.59. The van der Waals surface area contributed by atoms with Crippen molar-refractivity contribution in [2.24, 2.45) is 0 Å². The highest BCUT2D eigenvalue weighted by molar-refractivity contribution is 6.21.